The lowest BCUT2D eigenvalue weighted by molar-refractivity contribution is -0.384. The summed E-state index contributed by atoms with van der Waals surface area (Å²) in [5.74, 6) is 1.68. The van der Waals surface area contributed by atoms with E-state index in [2.05, 4.69) is 89.8 Å². The van der Waals surface area contributed by atoms with Gasteiger partial charge in [-0.25, -0.2) is 9.37 Å². The minimum Gasteiger partial charge on any atom is -0.494 e. The molecule has 2 aromatic heterocycles. The van der Waals surface area contributed by atoms with Crippen LogP contribution >= 0.6 is 0 Å². The molecule has 4 aromatic carbocycles. The Morgan fingerprint density at radius 1 is 0.879 bits per heavy atom. The van der Waals surface area contributed by atoms with Crippen LogP contribution in [0.2, 0.25) is 5.04 Å². The van der Waals surface area contributed by atoms with Gasteiger partial charge >= 0.3 is 0 Å². The Balaban J connectivity index is 1.32. The fraction of sp³-hybridized carbons (Fsp3) is 0.295. The summed E-state index contributed by atoms with van der Waals surface area (Å²) in [6.07, 6.45) is 2.82. The van der Waals surface area contributed by atoms with E-state index in [1.165, 1.54) is 35.7 Å². The molecular weight excluding hydrogens is 752 g/mol. The summed E-state index contributed by atoms with van der Waals surface area (Å²) >= 11 is 0. The van der Waals surface area contributed by atoms with Gasteiger partial charge in [0.2, 0.25) is 0 Å². The van der Waals surface area contributed by atoms with Crippen molar-refractivity contribution in [1.29, 1.82) is 0 Å². The number of likely N-dealkylation sites (N-methyl/N-ethyl adjacent to an activating group) is 2. The molecule has 0 spiro atoms. The quantitative estimate of drug-likeness (QED) is 0.0426. The molecule has 2 heterocycles. The van der Waals surface area contributed by atoms with Gasteiger partial charge in [0.05, 0.1) is 23.4 Å². The second-order valence-corrected chi connectivity index (χ2v) is 19.8. The largest absolute Gasteiger partial charge is 0.494 e. The van der Waals surface area contributed by atoms with Crippen LogP contribution in [-0.2, 0) is 10.8 Å². The maximum atomic E-state index is 14.1. The van der Waals surface area contributed by atoms with Crippen molar-refractivity contribution in [3.8, 4) is 22.8 Å². The summed E-state index contributed by atoms with van der Waals surface area (Å²) in [5, 5.41) is 27.0. The van der Waals surface area contributed by atoms with Crippen LogP contribution in [0.15, 0.2) is 115 Å². The molecule has 0 bridgehead atoms. The highest BCUT2D eigenvalue weighted by atomic mass is 28.4. The van der Waals surface area contributed by atoms with Crippen molar-refractivity contribution in [2.24, 2.45) is 0 Å². The molecule has 1 N–H and O–H groups in total. The molecular formula is C44H51FN8O4Si. The van der Waals surface area contributed by atoms with Crippen molar-refractivity contribution in [3.05, 3.63) is 137 Å². The van der Waals surface area contributed by atoms with Crippen molar-refractivity contribution in [1.82, 2.24) is 24.6 Å². The van der Waals surface area contributed by atoms with Crippen LogP contribution < -0.4 is 25.3 Å². The summed E-state index contributed by atoms with van der Waals surface area (Å²) in [6, 6.07) is 34.0. The van der Waals surface area contributed by atoms with Crippen LogP contribution in [0, 0.1) is 15.9 Å². The van der Waals surface area contributed by atoms with Crippen LogP contribution in [0.3, 0.4) is 0 Å². The number of rotatable bonds is 17. The first-order valence-electron chi connectivity index (χ1n) is 19.2. The third-order valence-corrected chi connectivity index (χ3v) is 15.2. The molecule has 0 amide bonds. The van der Waals surface area contributed by atoms with Gasteiger partial charge in [-0.3, -0.25) is 14.7 Å². The van der Waals surface area contributed by atoms with E-state index in [0.717, 1.165) is 0 Å². The van der Waals surface area contributed by atoms with Crippen LogP contribution in [0.1, 0.15) is 33.0 Å². The number of pyridine rings is 1. The first-order chi connectivity index (χ1) is 27.8. The maximum Gasteiger partial charge on any atom is 0.294 e. The first-order valence-corrected chi connectivity index (χ1v) is 21.1. The van der Waals surface area contributed by atoms with Crippen LogP contribution in [0.4, 0.5) is 27.3 Å². The van der Waals surface area contributed by atoms with Crippen molar-refractivity contribution in [2.45, 2.75) is 38.7 Å². The number of ether oxygens (including phenoxy) is 1. The second kappa shape index (κ2) is 18.1. The molecule has 14 heteroatoms. The van der Waals surface area contributed by atoms with Gasteiger partial charge in [-0.2, -0.15) is 0 Å². The third kappa shape index (κ3) is 9.09. The Labute approximate surface area is 340 Å². The SMILES string of the molecule is COc1cc(N(C)CCN(C)C)c([N+](=O)[O-])cc1Nc1cc(-n2c(CCCO[Si](c3ccccc3)(c3ccccc3)C(C)(C)C)nnc2-c2ccc(F)cc2)ccn1. The van der Waals surface area contributed by atoms with Gasteiger partial charge in [0.1, 0.15) is 28.9 Å². The van der Waals surface area contributed by atoms with E-state index in [1.54, 1.807) is 24.4 Å². The molecule has 58 heavy (non-hydrogen) atoms. The summed E-state index contributed by atoms with van der Waals surface area (Å²) < 4.78 is 28.9. The maximum absolute atomic E-state index is 14.1. The number of hydrogen-bond donors (Lipinski definition) is 1. The molecule has 6 aromatic rings. The van der Waals surface area contributed by atoms with Crippen molar-refractivity contribution in [2.75, 3.05) is 58.2 Å². The van der Waals surface area contributed by atoms with Gasteiger partial charge in [-0.1, -0.05) is 81.4 Å². The van der Waals surface area contributed by atoms with E-state index in [4.69, 9.17) is 9.16 Å². The molecule has 0 atom stereocenters. The molecule has 0 aliphatic rings. The summed E-state index contributed by atoms with van der Waals surface area (Å²) in [5.41, 5.74) is 2.13. The second-order valence-electron chi connectivity index (χ2n) is 15.4. The molecule has 0 aliphatic carbocycles. The van der Waals surface area contributed by atoms with Gasteiger partial charge in [0.25, 0.3) is 14.0 Å². The minimum absolute atomic E-state index is 0.0688. The molecule has 0 radical (unpaired) electrons. The van der Waals surface area contributed by atoms with Gasteiger partial charge in [0.15, 0.2) is 5.82 Å². The van der Waals surface area contributed by atoms with Crippen molar-refractivity contribution < 1.29 is 18.5 Å². The number of nitro benzene ring substituents is 1. The fourth-order valence-electron chi connectivity index (χ4n) is 7.26. The smallest absolute Gasteiger partial charge is 0.294 e. The zero-order valence-corrected chi connectivity index (χ0v) is 35.1. The van der Waals surface area contributed by atoms with Gasteiger partial charge < -0.3 is 24.3 Å². The minimum atomic E-state index is -2.75. The number of methoxy groups -OCH3 is 1. The monoisotopic (exact) mass is 802 g/mol. The van der Waals surface area contributed by atoms with Gasteiger partial charge in [-0.05, 0) is 66.3 Å². The van der Waals surface area contributed by atoms with Crippen LogP contribution in [0.5, 0.6) is 5.75 Å². The van der Waals surface area contributed by atoms with E-state index in [9.17, 15) is 14.5 Å². The Morgan fingerprint density at radius 2 is 1.53 bits per heavy atom. The highest BCUT2D eigenvalue weighted by Crippen LogP contribution is 2.40. The number of nitrogens with zero attached hydrogens (tertiary/aromatic N) is 7. The lowest BCUT2D eigenvalue weighted by Crippen LogP contribution is -2.66. The lowest BCUT2D eigenvalue weighted by atomic mass is 10.2. The topological polar surface area (TPSA) is 124 Å². The van der Waals surface area contributed by atoms with E-state index in [1.807, 2.05) is 59.8 Å². The number of anilines is 3. The third-order valence-electron chi connectivity index (χ3n) is 10.2. The Bertz CT molecular complexity index is 2260. The van der Waals surface area contributed by atoms with Gasteiger partial charge in [-0.15, -0.1) is 10.2 Å². The number of nitrogens with one attached hydrogen (secondary N) is 1. The normalized spacial score (nSPS) is 11.8. The molecule has 6 rings (SSSR count). The fourth-order valence-corrected chi connectivity index (χ4v) is 11.9. The highest BCUT2D eigenvalue weighted by Gasteiger charge is 2.50. The van der Waals surface area contributed by atoms with Gasteiger partial charge in [0, 0.05) is 63.1 Å². The number of hydrogen-bond acceptors (Lipinski definition) is 10. The van der Waals surface area contributed by atoms with Crippen LogP contribution in [0.25, 0.3) is 17.1 Å². The summed E-state index contributed by atoms with van der Waals surface area (Å²) in [7, 11) is 4.50. The Morgan fingerprint density at radius 3 is 2.12 bits per heavy atom. The standard InChI is InChI=1S/C44H51FN8O4Si/c1-44(2,3)58(35-15-10-8-11-16-35,36-17-12-9-13-18-36)57-28-14-19-42-48-49-43(32-20-22-33(45)23-21-32)52(42)34-24-25-46-41(29-34)47-37-30-39(53(54)55)38(31-40(37)56-7)51(6)27-26-50(4)5/h8-13,15-18,20-25,29-31H,14,19,26-28H2,1-7H3,(H,46,47). The Hall–Kier alpha value is -5.96. The zero-order valence-electron chi connectivity index (χ0n) is 34.1. The lowest BCUT2D eigenvalue weighted by Gasteiger charge is -2.43. The Kier molecular flexibility index (Phi) is 13.0. The number of nitro groups is 1. The highest BCUT2D eigenvalue weighted by molar-refractivity contribution is 6.99. The number of aromatic nitrogens is 4. The predicted octanol–water partition coefficient (Wildman–Crippen LogP) is 7.64. The molecule has 0 aliphatic heterocycles. The van der Waals surface area contributed by atoms with E-state index in [0.29, 0.717) is 78.4 Å². The summed E-state index contributed by atoms with van der Waals surface area (Å²) in [4.78, 5) is 20.3. The predicted molar refractivity (Wildman–Crippen MR) is 231 cm³/mol. The zero-order chi connectivity index (χ0) is 41.5. The molecule has 0 saturated heterocycles. The molecule has 0 saturated carbocycles. The average Bonchev–Trinajstić information content (AvgIpc) is 3.64. The molecule has 12 nitrogen and oxygen atoms in total. The summed E-state index contributed by atoms with van der Waals surface area (Å²) in [6.45, 7) is 8.54. The number of halogens is 1. The average molecular weight is 803 g/mol. The van der Waals surface area contributed by atoms with Crippen molar-refractivity contribution >= 4 is 41.6 Å². The van der Waals surface area contributed by atoms with Crippen molar-refractivity contribution in [3.63, 3.8) is 0 Å². The van der Waals surface area contributed by atoms with E-state index in [-0.39, 0.29) is 16.5 Å². The van der Waals surface area contributed by atoms with E-state index < -0.39 is 13.2 Å². The molecule has 0 fully saturated rings. The van der Waals surface area contributed by atoms with E-state index >= 15 is 0 Å². The molecule has 0 unspecified atom stereocenters. The van der Waals surface area contributed by atoms with Crippen LogP contribution in [-0.4, -0.2) is 85.8 Å². The molecule has 302 valence electrons. The first kappa shape index (κ1) is 41.7. The number of benzene rings is 4. The number of aryl methyl sites for hydroxylation is 1.